The molecule has 0 heterocycles. The average molecular weight is 426 g/mol. The number of ether oxygens (including phenoxy) is 1. The first-order chi connectivity index (χ1) is 13.9. The van der Waals surface area contributed by atoms with Gasteiger partial charge in [0.1, 0.15) is 0 Å². The topological polar surface area (TPSA) is 27.7 Å². The Morgan fingerprint density at radius 2 is 1.76 bits per heavy atom. The summed E-state index contributed by atoms with van der Waals surface area (Å²) in [7, 11) is 4.31. The molecule has 0 saturated heterocycles. The molecule has 0 radical (unpaired) electrons. The second kappa shape index (κ2) is 16.1. The van der Waals surface area contributed by atoms with Crippen LogP contribution in [0.3, 0.4) is 0 Å². The Kier molecular flexibility index (Phi) is 14.6. The van der Waals surface area contributed by atoms with Crippen molar-refractivity contribution in [1.29, 1.82) is 0 Å². The number of likely N-dealkylation sites (N-methyl/N-ethyl adjacent to an activating group) is 1. The fourth-order valence-corrected chi connectivity index (χ4v) is 4.18. The number of hydrogen-bond donors (Lipinski definition) is 1. The SMILES string of the molecule is C=CCN(C)CCCCCCCOC1CCC(N(C)C(=S)NCCC(C)C)CC1. The van der Waals surface area contributed by atoms with Gasteiger partial charge in [0, 0.05) is 32.8 Å². The lowest BCUT2D eigenvalue weighted by Crippen LogP contribution is -2.45. The zero-order valence-electron chi connectivity index (χ0n) is 19.6. The molecule has 0 atom stereocenters. The van der Waals surface area contributed by atoms with Crippen molar-refractivity contribution in [2.24, 2.45) is 5.92 Å². The summed E-state index contributed by atoms with van der Waals surface area (Å²) in [5.41, 5.74) is 0. The highest BCUT2D eigenvalue weighted by molar-refractivity contribution is 7.80. The fourth-order valence-electron chi connectivity index (χ4n) is 3.93. The monoisotopic (exact) mass is 425 g/mol. The molecule has 0 amide bonds. The third kappa shape index (κ3) is 12.6. The van der Waals surface area contributed by atoms with Gasteiger partial charge in [-0.2, -0.15) is 0 Å². The second-order valence-electron chi connectivity index (χ2n) is 9.15. The summed E-state index contributed by atoms with van der Waals surface area (Å²) in [4.78, 5) is 4.61. The molecule has 1 saturated carbocycles. The van der Waals surface area contributed by atoms with E-state index >= 15 is 0 Å². The van der Waals surface area contributed by atoms with Crippen molar-refractivity contribution in [1.82, 2.24) is 15.1 Å². The first-order valence-electron chi connectivity index (χ1n) is 11.9. The molecular weight excluding hydrogens is 378 g/mol. The predicted molar refractivity (Wildman–Crippen MR) is 131 cm³/mol. The third-order valence-corrected chi connectivity index (χ3v) is 6.42. The van der Waals surface area contributed by atoms with E-state index in [1.807, 2.05) is 6.08 Å². The van der Waals surface area contributed by atoms with Crippen molar-refractivity contribution in [2.45, 2.75) is 90.2 Å². The molecule has 1 N–H and O–H groups in total. The van der Waals surface area contributed by atoms with Gasteiger partial charge in [0.15, 0.2) is 5.11 Å². The summed E-state index contributed by atoms with van der Waals surface area (Å²) in [5, 5.41) is 4.32. The van der Waals surface area contributed by atoms with Crippen LogP contribution in [0.2, 0.25) is 0 Å². The minimum atomic E-state index is 0.453. The van der Waals surface area contributed by atoms with Gasteiger partial charge in [0.05, 0.1) is 6.10 Å². The van der Waals surface area contributed by atoms with Gasteiger partial charge in [-0.05, 0) is 76.7 Å². The summed E-state index contributed by atoms with van der Waals surface area (Å²) in [5.74, 6) is 0.715. The van der Waals surface area contributed by atoms with Crippen molar-refractivity contribution in [3.8, 4) is 0 Å². The van der Waals surface area contributed by atoms with E-state index in [9.17, 15) is 0 Å². The Hall–Kier alpha value is -0.650. The Morgan fingerprint density at radius 1 is 1.10 bits per heavy atom. The molecule has 29 heavy (non-hydrogen) atoms. The number of hydrogen-bond acceptors (Lipinski definition) is 3. The van der Waals surface area contributed by atoms with Gasteiger partial charge >= 0.3 is 0 Å². The van der Waals surface area contributed by atoms with Crippen LogP contribution in [0.25, 0.3) is 0 Å². The molecule has 1 fully saturated rings. The Labute approximate surface area is 186 Å². The van der Waals surface area contributed by atoms with Crippen LogP contribution in [-0.4, -0.2) is 67.4 Å². The van der Waals surface area contributed by atoms with Crippen LogP contribution in [-0.2, 0) is 4.74 Å². The van der Waals surface area contributed by atoms with Gasteiger partial charge in [-0.15, -0.1) is 6.58 Å². The highest BCUT2D eigenvalue weighted by Gasteiger charge is 2.25. The summed E-state index contributed by atoms with van der Waals surface area (Å²) in [6.45, 7) is 12.4. The molecular formula is C24H47N3OS. The zero-order valence-corrected chi connectivity index (χ0v) is 20.4. The lowest BCUT2D eigenvalue weighted by Gasteiger charge is -2.36. The number of thiocarbonyl (C=S) groups is 1. The maximum Gasteiger partial charge on any atom is 0.168 e. The van der Waals surface area contributed by atoms with E-state index in [2.05, 4.69) is 49.6 Å². The van der Waals surface area contributed by atoms with E-state index in [0.717, 1.165) is 24.8 Å². The Balaban J connectivity index is 2.02. The lowest BCUT2D eigenvalue weighted by atomic mass is 9.92. The highest BCUT2D eigenvalue weighted by atomic mass is 32.1. The summed E-state index contributed by atoms with van der Waals surface area (Å²) in [6, 6.07) is 0.563. The summed E-state index contributed by atoms with van der Waals surface area (Å²) >= 11 is 5.57. The van der Waals surface area contributed by atoms with Gasteiger partial charge in [-0.3, -0.25) is 0 Å². The standard InChI is InChI=1S/C24H47N3OS/c1-6-18-26(4)19-10-8-7-9-11-20-28-23-14-12-22(13-15-23)27(5)24(29)25-17-16-21(2)3/h6,21-23H,1,7-20H2,2-5H3,(H,25,29). The molecule has 0 bridgehead atoms. The number of unbranched alkanes of at least 4 members (excludes halogenated alkanes) is 4. The van der Waals surface area contributed by atoms with Crippen molar-refractivity contribution in [3.63, 3.8) is 0 Å². The van der Waals surface area contributed by atoms with Crippen LogP contribution < -0.4 is 5.32 Å². The number of rotatable bonds is 15. The minimum absolute atomic E-state index is 0.453. The van der Waals surface area contributed by atoms with Crippen LogP contribution in [0.4, 0.5) is 0 Å². The van der Waals surface area contributed by atoms with Crippen molar-refractivity contribution in [3.05, 3.63) is 12.7 Å². The van der Waals surface area contributed by atoms with E-state index in [1.165, 1.54) is 70.8 Å². The predicted octanol–water partition coefficient (Wildman–Crippen LogP) is 5.23. The van der Waals surface area contributed by atoms with E-state index < -0.39 is 0 Å². The third-order valence-electron chi connectivity index (χ3n) is 5.99. The lowest BCUT2D eigenvalue weighted by molar-refractivity contribution is 0.0147. The van der Waals surface area contributed by atoms with Gasteiger partial charge in [0.2, 0.25) is 0 Å². The van der Waals surface area contributed by atoms with Gasteiger partial charge in [-0.1, -0.05) is 39.2 Å². The van der Waals surface area contributed by atoms with E-state index in [4.69, 9.17) is 17.0 Å². The summed E-state index contributed by atoms with van der Waals surface area (Å²) in [6.07, 6.45) is 14.7. The van der Waals surface area contributed by atoms with Gasteiger partial charge in [-0.25, -0.2) is 0 Å². The molecule has 170 valence electrons. The average Bonchev–Trinajstić information content (AvgIpc) is 2.69. The van der Waals surface area contributed by atoms with Gasteiger partial charge < -0.3 is 19.9 Å². The number of nitrogens with one attached hydrogen (secondary N) is 1. The zero-order chi connectivity index (χ0) is 21.5. The van der Waals surface area contributed by atoms with E-state index in [-0.39, 0.29) is 0 Å². The van der Waals surface area contributed by atoms with Crippen LogP contribution >= 0.6 is 12.2 Å². The van der Waals surface area contributed by atoms with Crippen molar-refractivity contribution in [2.75, 3.05) is 40.3 Å². The normalized spacial score (nSPS) is 19.5. The second-order valence-corrected chi connectivity index (χ2v) is 9.53. The summed E-state index contributed by atoms with van der Waals surface area (Å²) < 4.78 is 6.15. The molecule has 0 spiro atoms. The van der Waals surface area contributed by atoms with Crippen LogP contribution in [0.1, 0.15) is 78.1 Å². The molecule has 0 aromatic rings. The largest absolute Gasteiger partial charge is 0.378 e. The fraction of sp³-hybridized carbons (Fsp3) is 0.875. The molecule has 0 aromatic carbocycles. The molecule has 0 aliphatic heterocycles. The van der Waals surface area contributed by atoms with E-state index in [1.54, 1.807) is 0 Å². The Morgan fingerprint density at radius 3 is 2.41 bits per heavy atom. The van der Waals surface area contributed by atoms with Crippen molar-refractivity contribution < 1.29 is 4.74 Å². The molecule has 0 aromatic heterocycles. The van der Waals surface area contributed by atoms with Crippen LogP contribution in [0.15, 0.2) is 12.7 Å². The molecule has 1 aliphatic rings. The molecule has 1 rings (SSSR count). The molecule has 0 unspecified atom stereocenters. The maximum atomic E-state index is 6.15. The Bertz CT molecular complexity index is 436. The van der Waals surface area contributed by atoms with Crippen LogP contribution in [0.5, 0.6) is 0 Å². The first kappa shape index (κ1) is 26.4. The smallest absolute Gasteiger partial charge is 0.168 e. The van der Waals surface area contributed by atoms with Gasteiger partial charge in [0.25, 0.3) is 0 Å². The first-order valence-corrected chi connectivity index (χ1v) is 12.3. The number of nitrogens with zero attached hydrogens (tertiary/aromatic N) is 2. The minimum Gasteiger partial charge on any atom is -0.378 e. The highest BCUT2D eigenvalue weighted by Crippen LogP contribution is 2.25. The maximum absolute atomic E-state index is 6.15. The molecule has 4 nitrogen and oxygen atoms in total. The van der Waals surface area contributed by atoms with E-state index in [0.29, 0.717) is 18.1 Å². The van der Waals surface area contributed by atoms with Crippen LogP contribution in [0, 0.1) is 5.92 Å². The molecule has 1 aliphatic carbocycles. The molecule has 5 heteroatoms. The van der Waals surface area contributed by atoms with Crippen molar-refractivity contribution >= 4 is 17.3 Å². The quantitative estimate of drug-likeness (QED) is 0.220.